The zero-order valence-electron chi connectivity index (χ0n) is 11.6. The van der Waals surface area contributed by atoms with Crippen molar-refractivity contribution in [1.29, 1.82) is 0 Å². The fourth-order valence-electron chi connectivity index (χ4n) is 2.81. The van der Waals surface area contributed by atoms with Gasteiger partial charge in [-0.3, -0.25) is 4.79 Å². The first-order valence-corrected chi connectivity index (χ1v) is 6.87. The summed E-state index contributed by atoms with van der Waals surface area (Å²) in [6.45, 7) is 1.95. The van der Waals surface area contributed by atoms with Crippen molar-refractivity contribution >= 4 is 17.7 Å². The molecule has 3 N–H and O–H groups in total. The van der Waals surface area contributed by atoms with Gasteiger partial charge >= 0.3 is 12.0 Å². The monoisotopic (exact) mass is 276 g/mol. The van der Waals surface area contributed by atoms with E-state index >= 15 is 0 Å². The molecule has 1 aliphatic carbocycles. The zero-order chi connectivity index (χ0) is 14.6. The summed E-state index contributed by atoms with van der Waals surface area (Å²) in [4.78, 5) is 23.0. The Balaban J connectivity index is 2.00. The predicted octanol–water partition coefficient (Wildman–Crippen LogP) is 2.90. The van der Waals surface area contributed by atoms with Crippen LogP contribution in [0.25, 0.3) is 0 Å². The number of carbonyl (C=O) groups excluding carboxylic acids is 1. The van der Waals surface area contributed by atoms with Crippen molar-refractivity contribution in [3.63, 3.8) is 0 Å². The molecule has 2 amide bonds. The van der Waals surface area contributed by atoms with Crippen LogP contribution in [0.1, 0.15) is 37.7 Å². The minimum Gasteiger partial charge on any atom is -0.481 e. The molecule has 0 atom stereocenters. The number of carbonyl (C=O) groups is 2. The number of nitrogens with one attached hydrogen (secondary N) is 2. The number of benzene rings is 1. The Morgan fingerprint density at radius 2 is 2.00 bits per heavy atom. The second-order valence-corrected chi connectivity index (χ2v) is 5.51. The van der Waals surface area contributed by atoms with Gasteiger partial charge in [-0.1, -0.05) is 25.0 Å². The van der Waals surface area contributed by atoms with Gasteiger partial charge in [0, 0.05) is 5.69 Å². The number of hydrogen-bond acceptors (Lipinski definition) is 2. The lowest BCUT2D eigenvalue weighted by molar-refractivity contribution is -0.138. The quantitative estimate of drug-likeness (QED) is 0.791. The molecular formula is C15H20N2O3. The van der Waals surface area contributed by atoms with E-state index in [9.17, 15) is 9.59 Å². The topological polar surface area (TPSA) is 78.4 Å². The summed E-state index contributed by atoms with van der Waals surface area (Å²) >= 11 is 0. The molecule has 1 aromatic carbocycles. The average Bonchev–Trinajstić information content (AvgIpc) is 2.75. The highest BCUT2D eigenvalue weighted by molar-refractivity contribution is 5.90. The molecule has 1 aliphatic rings. The van der Waals surface area contributed by atoms with Gasteiger partial charge in [-0.05, 0) is 37.5 Å². The molecule has 5 heteroatoms. The van der Waals surface area contributed by atoms with E-state index in [4.69, 9.17) is 5.11 Å². The highest BCUT2D eigenvalue weighted by atomic mass is 16.4. The van der Waals surface area contributed by atoms with Crippen molar-refractivity contribution in [2.75, 3.05) is 5.32 Å². The zero-order valence-corrected chi connectivity index (χ0v) is 11.6. The molecule has 20 heavy (non-hydrogen) atoms. The SMILES string of the molecule is Cc1cccc(NC(=O)NC2(CC(=O)O)CCCC2)c1. The summed E-state index contributed by atoms with van der Waals surface area (Å²) in [7, 11) is 0. The van der Waals surface area contributed by atoms with Gasteiger partial charge in [0.25, 0.3) is 0 Å². The lowest BCUT2D eigenvalue weighted by atomic mass is 9.93. The van der Waals surface area contributed by atoms with Crippen LogP contribution in [0.15, 0.2) is 24.3 Å². The molecule has 0 heterocycles. The van der Waals surface area contributed by atoms with Crippen molar-refractivity contribution in [2.24, 2.45) is 0 Å². The van der Waals surface area contributed by atoms with Gasteiger partial charge in [-0.25, -0.2) is 4.79 Å². The second-order valence-electron chi connectivity index (χ2n) is 5.51. The minimum atomic E-state index is -0.872. The van der Waals surface area contributed by atoms with Gasteiger partial charge < -0.3 is 15.7 Å². The Morgan fingerprint density at radius 1 is 1.30 bits per heavy atom. The van der Waals surface area contributed by atoms with Gasteiger partial charge in [0.2, 0.25) is 0 Å². The fraction of sp³-hybridized carbons (Fsp3) is 0.467. The average molecular weight is 276 g/mol. The number of aryl methyl sites for hydroxylation is 1. The number of anilines is 1. The molecule has 2 rings (SSSR count). The molecule has 0 aromatic heterocycles. The number of hydrogen-bond donors (Lipinski definition) is 3. The van der Waals surface area contributed by atoms with Gasteiger partial charge in [0.1, 0.15) is 0 Å². The normalized spacial score (nSPS) is 16.6. The van der Waals surface area contributed by atoms with Crippen LogP contribution in [-0.4, -0.2) is 22.6 Å². The molecule has 1 aromatic rings. The molecule has 1 saturated carbocycles. The number of aliphatic carboxylic acids is 1. The predicted molar refractivity (Wildman–Crippen MR) is 76.8 cm³/mol. The summed E-state index contributed by atoms with van der Waals surface area (Å²) in [5, 5.41) is 14.6. The van der Waals surface area contributed by atoms with E-state index in [2.05, 4.69) is 10.6 Å². The number of rotatable bonds is 4. The van der Waals surface area contributed by atoms with Gasteiger partial charge in [-0.2, -0.15) is 0 Å². The standard InChI is InChI=1S/C15H20N2O3/c1-11-5-4-6-12(9-11)16-14(20)17-15(10-13(18)19)7-2-3-8-15/h4-6,9H,2-3,7-8,10H2,1H3,(H,18,19)(H2,16,17,20). The molecule has 1 fully saturated rings. The smallest absolute Gasteiger partial charge is 0.319 e. The lowest BCUT2D eigenvalue weighted by Crippen LogP contribution is -2.49. The van der Waals surface area contributed by atoms with E-state index in [1.807, 2.05) is 31.2 Å². The van der Waals surface area contributed by atoms with Crippen LogP contribution in [0.5, 0.6) is 0 Å². The van der Waals surface area contributed by atoms with Crippen LogP contribution < -0.4 is 10.6 Å². The molecule has 108 valence electrons. The first-order chi connectivity index (χ1) is 9.49. The van der Waals surface area contributed by atoms with Crippen LogP contribution in [-0.2, 0) is 4.79 Å². The Morgan fingerprint density at radius 3 is 2.60 bits per heavy atom. The van der Waals surface area contributed by atoms with E-state index in [1.165, 1.54) is 0 Å². The maximum absolute atomic E-state index is 12.1. The first kappa shape index (κ1) is 14.4. The number of carboxylic acids is 1. The van der Waals surface area contributed by atoms with Crippen LogP contribution >= 0.6 is 0 Å². The van der Waals surface area contributed by atoms with E-state index in [-0.39, 0.29) is 12.5 Å². The maximum atomic E-state index is 12.1. The summed E-state index contributed by atoms with van der Waals surface area (Å²) < 4.78 is 0. The van der Waals surface area contributed by atoms with Gasteiger partial charge in [0.15, 0.2) is 0 Å². The van der Waals surface area contributed by atoms with Crippen LogP contribution in [0.3, 0.4) is 0 Å². The molecule has 0 radical (unpaired) electrons. The van der Waals surface area contributed by atoms with Crippen molar-refractivity contribution in [3.8, 4) is 0 Å². The van der Waals surface area contributed by atoms with Gasteiger partial charge in [-0.15, -0.1) is 0 Å². The fourth-order valence-corrected chi connectivity index (χ4v) is 2.81. The minimum absolute atomic E-state index is 0.0196. The largest absolute Gasteiger partial charge is 0.481 e. The third-order valence-corrected chi connectivity index (χ3v) is 3.70. The number of carboxylic acid groups (broad SMARTS) is 1. The highest BCUT2D eigenvalue weighted by Gasteiger charge is 2.37. The summed E-state index contributed by atoms with van der Waals surface area (Å²) in [6, 6.07) is 7.17. The summed E-state index contributed by atoms with van der Waals surface area (Å²) in [5.41, 5.74) is 1.18. The lowest BCUT2D eigenvalue weighted by Gasteiger charge is -2.28. The summed E-state index contributed by atoms with van der Waals surface area (Å²) in [5.74, 6) is -0.872. The Bertz CT molecular complexity index is 508. The van der Waals surface area contributed by atoms with Crippen LogP contribution in [0.4, 0.5) is 10.5 Å². The third kappa shape index (κ3) is 3.73. The molecule has 0 unspecified atom stereocenters. The first-order valence-electron chi connectivity index (χ1n) is 6.87. The molecule has 5 nitrogen and oxygen atoms in total. The van der Waals surface area contributed by atoms with Gasteiger partial charge in [0.05, 0.1) is 12.0 Å². The van der Waals surface area contributed by atoms with Crippen LogP contribution in [0, 0.1) is 6.92 Å². The van der Waals surface area contributed by atoms with Crippen molar-refractivity contribution in [1.82, 2.24) is 5.32 Å². The number of urea groups is 1. The second kappa shape index (κ2) is 5.94. The van der Waals surface area contributed by atoms with E-state index in [0.29, 0.717) is 5.69 Å². The Kier molecular flexibility index (Phi) is 4.27. The Hall–Kier alpha value is -2.04. The third-order valence-electron chi connectivity index (χ3n) is 3.70. The molecular weight excluding hydrogens is 256 g/mol. The molecule has 0 saturated heterocycles. The van der Waals surface area contributed by atoms with E-state index < -0.39 is 11.5 Å². The molecule has 0 bridgehead atoms. The maximum Gasteiger partial charge on any atom is 0.319 e. The number of amides is 2. The van der Waals surface area contributed by atoms with Crippen molar-refractivity contribution in [2.45, 2.75) is 44.6 Å². The summed E-state index contributed by atoms with van der Waals surface area (Å²) in [6.07, 6.45) is 3.34. The van der Waals surface area contributed by atoms with Crippen molar-refractivity contribution in [3.05, 3.63) is 29.8 Å². The van der Waals surface area contributed by atoms with E-state index in [0.717, 1.165) is 31.2 Å². The highest BCUT2D eigenvalue weighted by Crippen LogP contribution is 2.32. The van der Waals surface area contributed by atoms with Crippen molar-refractivity contribution < 1.29 is 14.7 Å². The molecule has 0 aliphatic heterocycles. The Labute approximate surface area is 118 Å². The van der Waals surface area contributed by atoms with E-state index in [1.54, 1.807) is 0 Å². The molecule has 0 spiro atoms. The van der Waals surface area contributed by atoms with Crippen LogP contribution in [0.2, 0.25) is 0 Å².